The molecule has 1 fully saturated rings. The van der Waals surface area contributed by atoms with Gasteiger partial charge in [-0.3, -0.25) is 0 Å². The SMILES string of the molecule is CCC1CCC(C(O)Cc2ccc(Br)cc2F)CC1. The molecule has 1 aromatic rings. The fourth-order valence-corrected chi connectivity index (χ4v) is 3.39. The summed E-state index contributed by atoms with van der Waals surface area (Å²) in [6.07, 6.45) is 5.84. The molecule has 1 saturated carbocycles. The molecule has 19 heavy (non-hydrogen) atoms. The molecule has 0 aliphatic heterocycles. The number of aliphatic hydroxyl groups excluding tert-OH is 1. The van der Waals surface area contributed by atoms with E-state index in [4.69, 9.17) is 0 Å². The van der Waals surface area contributed by atoms with E-state index in [1.54, 1.807) is 6.07 Å². The number of rotatable bonds is 4. The summed E-state index contributed by atoms with van der Waals surface area (Å²) in [7, 11) is 0. The topological polar surface area (TPSA) is 20.2 Å². The van der Waals surface area contributed by atoms with Crippen LogP contribution in [0.1, 0.15) is 44.6 Å². The molecule has 1 aromatic carbocycles. The van der Waals surface area contributed by atoms with Crippen LogP contribution < -0.4 is 0 Å². The molecule has 1 atom stereocenters. The van der Waals surface area contributed by atoms with Crippen LogP contribution in [0.4, 0.5) is 4.39 Å². The lowest BCUT2D eigenvalue weighted by molar-refractivity contribution is 0.0728. The van der Waals surface area contributed by atoms with E-state index in [2.05, 4.69) is 22.9 Å². The first-order valence-corrected chi connectivity index (χ1v) is 8.01. The summed E-state index contributed by atoms with van der Waals surface area (Å²) < 4.78 is 14.5. The molecule has 106 valence electrons. The minimum atomic E-state index is -0.409. The van der Waals surface area contributed by atoms with Gasteiger partial charge in [-0.25, -0.2) is 4.39 Å². The van der Waals surface area contributed by atoms with Gasteiger partial charge in [-0.15, -0.1) is 0 Å². The van der Waals surface area contributed by atoms with Gasteiger partial charge in [0.25, 0.3) is 0 Å². The zero-order chi connectivity index (χ0) is 13.8. The highest BCUT2D eigenvalue weighted by Crippen LogP contribution is 2.33. The normalized spacial score (nSPS) is 25.3. The fraction of sp³-hybridized carbons (Fsp3) is 0.625. The number of benzene rings is 1. The Labute approximate surface area is 123 Å². The summed E-state index contributed by atoms with van der Waals surface area (Å²) in [4.78, 5) is 0. The zero-order valence-corrected chi connectivity index (χ0v) is 13.0. The van der Waals surface area contributed by atoms with Gasteiger partial charge in [0, 0.05) is 10.9 Å². The van der Waals surface area contributed by atoms with Crippen LogP contribution in [0.5, 0.6) is 0 Å². The monoisotopic (exact) mass is 328 g/mol. The number of aliphatic hydroxyl groups is 1. The van der Waals surface area contributed by atoms with Crippen molar-refractivity contribution in [2.45, 2.75) is 51.6 Å². The van der Waals surface area contributed by atoms with E-state index < -0.39 is 6.10 Å². The Balaban J connectivity index is 1.92. The van der Waals surface area contributed by atoms with E-state index in [9.17, 15) is 9.50 Å². The third kappa shape index (κ3) is 4.03. The summed E-state index contributed by atoms with van der Waals surface area (Å²) >= 11 is 3.25. The third-order valence-corrected chi connectivity index (χ3v) is 4.95. The number of halogens is 2. The van der Waals surface area contributed by atoms with Crippen molar-refractivity contribution < 1.29 is 9.50 Å². The quantitative estimate of drug-likeness (QED) is 0.848. The van der Waals surface area contributed by atoms with Gasteiger partial charge in [-0.1, -0.05) is 48.2 Å². The molecular weight excluding hydrogens is 307 g/mol. The van der Waals surface area contributed by atoms with Crippen molar-refractivity contribution in [3.8, 4) is 0 Å². The molecule has 1 aliphatic rings. The Morgan fingerprint density at radius 3 is 2.58 bits per heavy atom. The second-order valence-electron chi connectivity index (χ2n) is 5.70. The molecule has 1 nitrogen and oxygen atoms in total. The molecule has 0 heterocycles. The van der Waals surface area contributed by atoms with Crippen molar-refractivity contribution in [1.82, 2.24) is 0 Å². The van der Waals surface area contributed by atoms with Gasteiger partial charge >= 0.3 is 0 Å². The standard InChI is InChI=1S/C16H22BrFO/c1-2-11-3-5-12(6-4-11)16(19)9-13-7-8-14(17)10-15(13)18/h7-8,10-12,16,19H,2-6,9H2,1H3. The van der Waals surface area contributed by atoms with E-state index in [1.165, 1.54) is 25.3 Å². The first-order chi connectivity index (χ1) is 9.10. The van der Waals surface area contributed by atoms with E-state index >= 15 is 0 Å². The Morgan fingerprint density at radius 1 is 1.32 bits per heavy atom. The molecule has 0 spiro atoms. The second-order valence-corrected chi connectivity index (χ2v) is 6.61. The maximum Gasteiger partial charge on any atom is 0.127 e. The van der Waals surface area contributed by atoms with Crippen LogP contribution in [0.15, 0.2) is 22.7 Å². The van der Waals surface area contributed by atoms with Crippen molar-refractivity contribution in [1.29, 1.82) is 0 Å². The van der Waals surface area contributed by atoms with Gasteiger partial charge in [0.05, 0.1) is 6.10 Å². The Morgan fingerprint density at radius 2 is 2.00 bits per heavy atom. The van der Waals surface area contributed by atoms with Gasteiger partial charge in [-0.05, 0) is 42.4 Å². The van der Waals surface area contributed by atoms with Crippen LogP contribution in [-0.2, 0) is 6.42 Å². The Bertz CT molecular complexity index is 413. The molecular formula is C16H22BrFO. The van der Waals surface area contributed by atoms with Crippen LogP contribution in [0.2, 0.25) is 0 Å². The predicted molar refractivity (Wildman–Crippen MR) is 79.5 cm³/mol. The van der Waals surface area contributed by atoms with Gasteiger partial charge in [0.2, 0.25) is 0 Å². The highest BCUT2D eigenvalue weighted by atomic mass is 79.9. The van der Waals surface area contributed by atoms with Crippen molar-refractivity contribution >= 4 is 15.9 Å². The largest absolute Gasteiger partial charge is 0.392 e. The molecule has 1 unspecified atom stereocenters. The summed E-state index contributed by atoms with van der Waals surface area (Å²) in [5, 5.41) is 10.3. The van der Waals surface area contributed by atoms with Crippen LogP contribution in [0, 0.1) is 17.7 Å². The molecule has 0 aromatic heterocycles. The molecule has 0 radical (unpaired) electrons. The first kappa shape index (κ1) is 15.0. The molecule has 1 aliphatic carbocycles. The second kappa shape index (κ2) is 6.85. The number of hydrogen-bond donors (Lipinski definition) is 1. The average Bonchev–Trinajstić information content (AvgIpc) is 2.42. The number of hydrogen-bond acceptors (Lipinski definition) is 1. The smallest absolute Gasteiger partial charge is 0.127 e. The lowest BCUT2D eigenvalue weighted by Gasteiger charge is -2.31. The van der Waals surface area contributed by atoms with Gasteiger partial charge in [-0.2, -0.15) is 0 Å². The van der Waals surface area contributed by atoms with Crippen molar-refractivity contribution in [2.75, 3.05) is 0 Å². The molecule has 0 saturated heterocycles. The maximum atomic E-state index is 13.8. The summed E-state index contributed by atoms with van der Waals surface area (Å²) in [6, 6.07) is 5.06. The minimum Gasteiger partial charge on any atom is -0.392 e. The lowest BCUT2D eigenvalue weighted by Crippen LogP contribution is -2.27. The van der Waals surface area contributed by atoms with Crippen LogP contribution in [0.3, 0.4) is 0 Å². The van der Waals surface area contributed by atoms with Crippen molar-refractivity contribution in [3.05, 3.63) is 34.1 Å². The van der Waals surface area contributed by atoms with Crippen molar-refractivity contribution in [3.63, 3.8) is 0 Å². The minimum absolute atomic E-state index is 0.226. The maximum absolute atomic E-state index is 13.8. The molecule has 3 heteroatoms. The van der Waals surface area contributed by atoms with E-state index in [1.807, 2.05) is 6.07 Å². The Kier molecular flexibility index (Phi) is 5.40. The van der Waals surface area contributed by atoms with Crippen LogP contribution in [0.25, 0.3) is 0 Å². The summed E-state index contributed by atoms with van der Waals surface area (Å²) in [5.41, 5.74) is 0.619. The molecule has 2 rings (SSSR count). The Hall–Kier alpha value is -0.410. The van der Waals surface area contributed by atoms with E-state index in [0.29, 0.717) is 17.9 Å². The molecule has 0 amide bonds. The predicted octanol–water partition coefficient (Wildman–Crippen LogP) is 4.71. The van der Waals surface area contributed by atoms with E-state index in [0.717, 1.165) is 23.2 Å². The van der Waals surface area contributed by atoms with E-state index in [-0.39, 0.29) is 5.82 Å². The molecule has 1 N–H and O–H groups in total. The zero-order valence-electron chi connectivity index (χ0n) is 11.4. The van der Waals surface area contributed by atoms with Gasteiger partial charge in [0.15, 0.2) is 0 Å². The average molecular weight is 329 g/mol. The highest BCUT2D eigenvalue weighted by molar-refractivity contribution is 9.10. The lowest BCUT2D eigenvalue weighted by atomic mass is 9.77. The van der Waals surface area contributed by atoms with Gasteiger partial charge < -0.3 is 5.11 Å². The summed E-state index contributed by atoms with van der Waals surface area (Å²) in [6.45, 7) is 2.23. The van der Waals surface area contributed by atoms with Crippen LogP contribution in [-0.4, -0.2) is 11.2 Å². The summed E-state index contributed by atoms with van der Waals surface area (Å²) in [5.74, 6) is 0.939. The van der Waals surface area contributed by atoms with Gasteiger partial charge in [0.1, 0.15) is 5.82 Å². The molecule has 0 bridgehead atoms. The van der Waals surface area contributed by atoms with Crippen LogP contribution >= 0.6 is 15.9 Å². The van der Waals surface area contributed by atoms with Crippen molar-refractivity contribution in [2.24, 2.45) is 11.8 Å². The first-order valence-electron chi connectivity index (χ1n) is 7.22. The fourth-order valence-electron chi connectivity index (χ4n) is 3.06. The third-order valence-electron chi connectivity index (χ3n) is 4.46. The highest BCUT2D eigenvalue weighted by Gasteiger charge is 2.26.